The first-order valence-corrected chi connectivity index (χ1v) is 10.3. The molecule has 0 radical (unpaired) electrons. The molecular formula is C20H36N6O4. The molecule has 2 heterocycles. The molecule has 1 aliphatic heterocycles. The third-order valence-electron chi connectivity index (χ3n) is 5.30. The highest BCUT2D eigenvalue weighted by Crippen LogP contribution is 2.26. The maximum atomic E-state index is 11.9. The molecule has 1 aliphatic rings. The van der Waals surface area contributed by atoms with Crippen molar-refractivity contribution < 1.29 is 19.4 Å². The minimum atomic E-state index is -0.765. The smallest absolute Gasteiger partial charge is 0.223 e. The first-order chi connectivity index (χ1) is 14.3. The number of aliphatic hydroxyl groups excluding tert-OH is 1. The SMILES string of the molecule is COC(C)(CO)CN=C(NCCC(=O)N(C)C)NC1CCOC(c2nccn2C)C1. The van der Waals surface area contributed by atoms with Crippen LogP contribution in [0.5, 0.6) is 0 Å². The molecule has 0 bridgehead atoms. The Labute approximate surface area is 178 Å². The number of hydrogen-bond donors (Lipinski definition) is 3. The summed E-state index contributed by atoms with van der Waals surface area (Å²) in [6.07, 6.45) is 5.54. The molecule has 3 N–H and O–H groups in total. The fourth-order valence-electron chi connectivity index (χ4n) is 3.08. The number of ether oxygens (including phenoxy) is 2. The lowest BCUT2D eigenvalue weighted by Gasteiger charge is -2.31. The Kier molecular flexibility index (Phi) is 9.07. The van der Waals surface area contributed by atoms with Crippen molar-refractivity contribution in [3.63, 3.8) is 0 Å². The van der Waals surface area contributed by atoms with Crippen LogP contribution in [-0.4, -0.2) is 90.6 Å². The van der Waals surface area contributed by atoms with Gasteiger partial charge in [0.2, 0.25) is 5.91 Å². The quantitative estimate of drug-likeness (QED) is 0.379. The van der Waals surface area contributed by atoms with Gasteiger partial charge in [-0.3, -0.25) is 9.79 Å². The number of imidazole rings is 1. The number of nitrogens with zero attached hydrogens (tertiary/aromatic N) is 4. The van der Waals surface area contributed by atoms with E-state index in [1.54, 1.807) is 39.2 Å². The van der Waals surface area contributed by atoms with Gasteiger partial charge in [-0.25, -0.2) is 4.98 Å². The minimum absolute atomic E-state index is 0.0415. The summed E-state index contributed by atoms with van der Waals surface area (Å²) in [6.45, 7) is 3.02. The van der Waals surface area contributed by atoms with Crippen LogP contribution in [0.25, 0.3) is 0 Å². The van der Waals surface area contributed by atoms with Gasteiger partial charge in [-0.05, 0) is 13.3 Å². The van der Waals surface area contributed by atoms with Crippen LogP contribution in [0.15, 0.2) is 17.4 Å². The molecule has 3 atom stereocenters. The van der Waals surface area contributed by atoms with Gasteiger partial charge in [0.15, 0.2) is 5.96 Å². The Hall–Kier alpha value is -2.17. The van der Waals surface area contributed by atoms with Crippen molar-refractivity contribution in [3.8, 4) is 0 Å². The van der Waals surface area contributed by atoms with Crippen molar-refractivity contribution in [1.29, 1.82) is 0 Å². The molecule has 30 heavy (non-hydrogen) atoms. The normalized spacial score (nSPS) is 21.7. The van der Waals surface area contributed by atoms with E-state index in [2.05, 4.69) is 20.6 Å². The summed E-state index contributed by atoms with van der Waals surface area (Å²) in [7, 11) is 6.98. The highest BCUT2D eigenvalue weighted by atomic mass is 16.5. The molecule has 0 saturated carbocycles. The van der Waals surface area contributed by atoms with Crippen LogP contribution in [-0.2, 0) is 21.3 Å². The Morgan fingerprint density at radius 3 is 2.90 bits per heavy atom. The fraction of sp³-hybridized carbons (Fsp3) is 0.750. The predicted molar refractivity (Wildman–Crippen MR) is 114 cm³/mol. The van der Waals surface area contributed by atoms with E-state index in [1.807, 2.05) is 17.8 Å². The summed E-state index contributed by atoms with van der Waals surface area (Å²) in [5, 5.41) is 16.3. The highest BCUT2D eigenvalue weighted by molar-refractivity contribution is 5.81. The lowest BCUT2D eigenvalue weighted by Crippen LogP contribution is -2.48. The van der Waals surface area contributed by atoms with Crippen molar-refractivity contribution in [2.75, 3.05) is 47.5 Å². The second-order valence-corrected chi connectivity index (χ2v) is 8.06. The van der Waals surface area contributed by atoms with Crippen molar-refractivity contribution in [2.45, 2.75) is 43.9 Å². The van der Waals surface area contributed by atoms with Gasteiger partial charge in [0.25, 0.3) is 0 Å². The zero-order valence-corrected chi connectivity index (χ0v) is 18.7. The summed E-state index contributed by atoms with van der Waals surface area (Å²) in [5.74, 6) is 1.53. The maximum Gasteiger partial charge on any atom is 0.223 e. The van der Waals surface area contributed by atoms with E-state index in [0.29, 0.717) is 25.5 Å². The van der Waals surface area contributed by atoms with E-state index in [1.165, 1.54) is 0 Å². The summed E-state index contributed by atoms with van der Waals surface area (Å²) in [4.78, 5) is 22.5. The number of nitrogens with one attached hydrogen (secondary N) is 2. The molecule has 0 spiro atoms. The van der Waals surface area contributed by atoms with Crippen molar-refractivity contribution in [1.82, 2.24) is 25.1 Å². The molecule has 1 aromatic rings. The third kappa shape index (κ3) is 6.96. The average molecular weight is 425 g/mol. The Bertz CT molecular complexity index is 701. The number of carbonyl (C=O) groups excluding carboxylic acids is 1. The largest absolute Gasteiger partial charge is 0.393 e. The van der Waals surface area contributed by atoms with Gasteiger partial charge in [-0.15, -0.1) is 0 Å². The van der Waals surface area contributed by atoms with Gasteiger partial charge in [0.1, 0.15) is 17.5 Å². The van der Waals surface area contributed by atoms with E-state index in [0.717, 1.165) is 18.7 Å². The first-order valence-electron chi connectivity index (χ1n) is 10.3. The summed E-state index contributed by atoms with van der Waals surface area (Å²) < 4.78 is 13.3. The summed E-state index contributed by atoms with van der Waals surface area (Å²) in [5.41, 5.74) is -0.765. The summed E-state index contributed by atoms with van der Waals surface area (Å²) >= 11 is 0. The van der Waals surface area contributed by atoms with E-state index in [-0.39, 0.29) is 31.2 Å². The van der Waals surface area contributed by atoms with E-state index < -0.39 is 5.60 Å². The maximum absolute atomic E-state index is 11.9. The molecule has 3 unspecified atom stereocenters. The third-order valence-corrected chi connectivity index (χ3v) is 5.30. The van der Waals surface area contributed by atoms with E-state index >= 15 is 0 Å². The lowest BCUT2D eigenvalue weighted by atomic mass is 10.0. The Morgan fingerprint density at radius 2 is 2.30 bits per heavy atom. The van der Waals surface area contributed by atoms with Crippen LogP contribution in [0.3, 0.4) is 0 Å². The zero-order chi connectivity index (χ0) is 22.1. The highest BCUT2D eigenvalue weighted by Gasteiger charge is 2.28. The van der Waals surface area contributed by atoms with E-state index in [9.17, 15) is 9.90 Å². The minimum Gasteiger partial charge on any atom is -0.393 e. The Balaban J connectivity index is 2.03. The average Bonchev–Trinajstić information content (AvgIpc) is 3.17. The number of rotatable bonds is 9. The Morgan fingerprint density at radius 1 is 1.53 bits per heavy atom. The molecule has 1 saturated heterocycles. The van der Waals surface area contributed by atoms with Gasteiger partial charge in [0, 0.05) is 72.7 Å². The number of methoxy groups -OCH3 is 1. The van der Waals surface area contributed by atoms with Gasteiger partial charge in [0.05, 0.1) is 13.2 Å². The molecule has 10 nitrogen and oxygen atoms in total. The number of aliphatic hydroxyl groups is 1. The van der Waals surface area contributed by atoms with Crippen LogP contribution in [0.1, 0.15) is 38.1 Å². The van der Waals surface area contributed by atoms with Crippen molar-refractivity contribution in [3.05, 3.63) is 18.2 Å². The van der Waals surface area contributed by atoms with Crippen LogP contribution in [0, 0.1) is 0 Å². The molecule has 1 fully saturated rings. The standard InChI is InChI=1S/C20H36N6O4/c1-20(14-27,29-5)13-23-19(22-8-6-17(28)25(2)3)24-15-7-11-30-16(12-15)18-21-9-10-26(18)4/h9-10,15-16,27H,6-8,11-14H2,1-5H3,(H2,22,23,24). The second kappa shape index (κ2) is 11.3. The number of amides is 1. The van der Waals surface area contributed by atoms with Gasteiger partial charge in [-0.2, -0.15) is 0 Å². The lowest BCUT2D eigenvalue weighted by molar-refractivity contribution is -0.128. The number of aliphatic imine (C=N–C) groups is 1. The fourth-order valence-corrected chi connectivity index (χ4v) is 3.08. The topological polar surface area (TPSA) is 113 Å². The second-order valence-electron chi connectivity index (χ2n) is 8.06. The molecular weight excluding hydrogens is 388 g/mol. The number of aryl methyl sites for hydroxylation is 1. The monoisotopic (exact) mass is 424 g/mol. The summed E-state index contributed by atoms with van der Waals surface area (Å²) in [6, 6.07) is 0.138. The predicted octanol–water partition coefficient (Wildman–Crippen LogP) is 0.0511. The van der Waals surface area contributed by atoms with Crippen LogP contribution >= 0.6 is 0 Å². The molecule has 10 heteroatoms. The molecule has 2 rings (SSSR count). The molecule has 0 aromatic carbocycles. The van der Waals surface area contributed by atoms with Gasteiger partial charge < -0.3 is 34.7 Å². The zero-order valence-electron chi connectivity index (χ0n) is 18.7. The first kappa shape index (κ1) is 24.1. The number of carbonyl (C=O) groups is 1. The van der Waals surface area contributed by atoms with Crippen LogP contribution in [0.4, 0.5) is 0 Å². The van der Waals surface area contributed by atoms with Gasteiger partial charge >= 0.3 is 0 Å². The van der Waals surface area contributed by atoms with E-state index in [4.69, 9.17) is 9.47 Å². The molecule has 0 aliphatic carbocycles. The number of aromatic nitrogens is 2. The molecule has 1 aromatic heterocycles. The molecule has 1 amide bonds. The van der Waals surface area contributed by atoms with Crippen LogP contribution < -0.4 is 10.6 Å². The van der Waals surface area contributed by atoms with Crippen molar-refractivity contribution >= 4 is 11.9 Å². The molecule has 170 valence electrons. The van der Waals surface area contributed by atoms with Gasteiger partial charge in [-0.1, -0.05) is 0 Å². The number of hydrogen-bond acceptors (Lipinski definition) is 6. The van der Waals surface area contributed by atoms with Crippen LogP contribution in [0.2, 0.25) is 0 Å². The van der Waals surface area contributed by atoms with Crippen molar-refractivity contribution in [2.24, 2.45) is 12.0 Å². The number of guanidine groups is 1.